The molecule has 1 aromatic rings. The molecule has 0 aliphatic rings. The molecule has 0 heterocycles. The summed E-state index contributed by atoms with van der Waals surface area (Å²) >= 11 is 5.32. The normalized spacial score (nSPS) is 10.4. The second-order valence-corrected chi connectivity index (χ2v) is 6.00. The van der Waals surface area contributed by atoms with E-state index in [1.807, 2.05) is 0 Å². The minimum atomic E-state index is 0.729. The van der Waals surface area contributed by atoms with Gasteiger partial charge in [-0.3, -0.25) is 0 Å². The van der Waals surface area contributed by atoms with E-state index in [1.165, 1.54) is 50.5 Å². The van der Waals surface area contributed by atoms with Gasteiger partial charge in [-0.15, -0.1) is 0 Å². The number of benzene rings is 1. The van der Waals surface area contributed by atoms with Crippen molar-refractivity contribution < 1.29 is 0 Å². The van der Waals surface area contributed by atoms with Gasteiger partial charge in [0, 0.05) is 12.2 Å². The van der Waals surface area contributed by atoms with Crippen LogP contribution < -0.4 is 10.6 Å². The Kier molecular flexibility index (Phi) is 9.88. The first-order valence-corrected chi connectivity index (χ1v) is 8.81. The number of anilines is 1. The molecular weight excluding hydrogens is 276 g/mol. The van der Waals surface area contributed by atoms with Crippen molar-refractivity contribution >= 4 is 23.0 Å². The van der Waals surface area contributed by atoms with Gasteiger partial charge < -0.3 is 10.6 Å². The van der Waals surface area contributed by atoms with Gasteiger partial charge in [0.05, 0.1) is 0 Å². The largest absolute Gasteiger partial charge is 0.362 e. The average molecular weight is 307 g/mol. The first kappa shape index (κ1) is 18.0. The van der Waals surface area contributed by atoms with Crippen LogP contribution in [-0.2, 0) is 6.42 Å². The maximum atomic E-state index is 5.32. The van der Waals surface area contributed by atoms with Crippen LogP contribution in [0.4, 0.5) is 5.69 Å². The Balaban J connectivity index is 2.18. The molecule has 0 amide bonds. The molecule has 0 unspecified atom stereocenters. The Labute approximate surface area is 135 Å². The van der Waals surface area contributed by atoms with Crippen LogP contribution >= 0.6 is 12.2 Å². The second-order valence-electron chi connectivity index (χ2n) is 5.60. The summed E-state index contributed by atoms with van der Waals surface area (Å²) in [5.74, 6) is 0. The van der Waals surface area contributed by atoms with Crippen LogP contribution in [0, 0.1) is 0 Å². The molecule has 3 heteroatoms. The van der Waals surface area contributed by atoms with E-state index in [-0.39, 0.29) is 0 Å². The summed E-state index contributed by atoms with van der Waals surface area (Å²) in [6.07, 6.45) is 10.1. The predicted molar refractivity (Wildman–Crippen MR) is 98.0 cm³/mol. The van der Waals surface area contributed by atoms with Gasteiger partial charge >= 0.3 is 0 Å². The Bertz CT molecular complexity index is 387. The molecule has 2 N–H and O–H groups in total. The molecule has 118 valence electrons. The molecule has 0 fully saturated rings. The molecule has 21 heavy (non-hydrogen) atoms. The van der Waals surface area contributed by atoms with Crippen LogP contribution in [0.2, 0.25) is 0 Å². The molecule has 1 rings (SSSR count). The summed E-state index contributed by atoms with van der Waals surface area (Å²) in [6, 6.07) is 8.59. The van der Waals surface area contributed by atoms with Gasteiger partial charge in [0.25, 0.3) is 0 Å². The van der Waals surface area contributed by atoms with Crippen molar-refractivity contribution in [2.45, 2.75) is 65.2 Å². The fourth-order valence-electron chi connectivity index (χ4n) is 2.24. The van der Waals surface area contributed by atoms with E-state index in [0.717, 1.165) is 23.8 Å². The van der Waals surface area contributed by atoms with Crippen molar-refractivity contribution in [3.8, 4) is 0 Å². The summed E-state index contributed by atoms with van der Waals surface area (Å²) in [7, 11) is 0. The van der Waals surface area contributed by atoms with E-state index in [2.05, 4.69) is 48.7 Å². The highest BCUT2D eigenvalue weighted by molar-refractivity contribution is 7.80. The van der Waals surface area contributed by atoms with E-state index in [1.54, 1.807) is 0 Å². The van der Waals surface area contributed by atoms with Crippen LogP contribution in [0.15, 0.2) is 24.3 Å². The average Bonchev–Trinajstić information content (AvgIpc) is 2.50. The zero-order valence-corrected chi connectivity index (χ0v) is 14.4. The zero-order chi connectivity index (χ0) is 15.3. The van der Waals surface area contributed by atoms with E-state index >= 15 is 0 Å². The van der Waals surface area contributed by atoms with Crippen molar-refractivity contribution in [3.05, 3.63) is 29.8 Å². The quantitative estimate of drug-likeness (QED) is 0.454. The van der Waals surface area contributed by atoms with Crippen LogP contribution in [0.1, 0.15) is 64.4 Å². The lowest BCUT2D eigenvalue weighted by Crippen LogP contribution is -2.29. The molecular formula is C18H30N2S. The Hall–Kier alpha value is -1.09. The van der Waals surface area contributed by atoms with Crippen molar-refractivity contribution in [2.24, 2.45) is 0 Å². The lowest BCUT2D eigenvalue weighted by molar-refractivity contribution is 0.625. The SMILES string of the molecule is CCCCCCCNC(=S)Nc1ccc(CCCC)cc1. The van der Waals surface area contributed by atoms with Gasteiger partial charge in [-0.2, -0.15) is 0 Å². The first-order valence-electron chi connectivity index (χ1n) is 8.40. The number of hydrogen-bond acceptors (Lipinski definition) is 1. The molecule has 2 nitrogen and oxygen atoms in total. The van der Waals surface area contributed by atoms with Gasteiger partial charge in [-0.25, -0.2) is 0 Å². The van der Waals surface area contributed by atoms with Crippen molar-refractivity contribution in [1.29, 1.82) is 0 Å². The second kappa shape index (κ2) is 11.6. The lowest BCUT2D eigenvalue weighted by atomic mass is 10.1. The molecule has 0 aliphatic carbocycles. The van der Waals surface area contributed by atoms with Crippen molar-refractivity contribution in [1.82, 2.24) is 5.32 Å². The van der Waals surface area contributed by atoms with Crippen LogP contribution in [0.25, 0.3) is 0 Å². The fourth-order valence-corrected chi connectivity index (χ4v) is 2.46. The highest BCUT2D eigenvalue weighted by Gasteiger charge is 1.98. The number of nitrogens with one attached hydrogen (secondary N) is 2. The third kappa shape index (κ3) is 8.71. The maximum Gasteiger partial charge on any atom is 0.170 e. The maximum absolute atomic E-state index is 5.32. The Morgan fingerprint density at radius 3 is 2.24 bits per heavy atom. The van der Waals surface area contributed by atoms with E-state index in [0.29, 0.717) is 0 Å². The van der Waals surface area contributed by atoms with Crippen molar-refractivity contribution in [3.63, 3.8) is 0 Å². The number of unbranched alkanes of at least 4 members (excludes halogenated alkanes) is 5. The number of rotatable bonds is 10. The fraction of sp³-hybridized carbons (Fsp3) is 0.611. The molecule has 0 bridgehead atoms. The minimum Gasteiger partial charge on any atom is -0.362 e. The summed E-state index contributed by atoms with van der Waals surface area (Å²) < 4.78 is 0. The van der Waals surface area contributed by atoms with Crippen LogP contribution in [0.3, 0.4) is 0 Å². The van der Waals surface area contributed by atoms with Gasteiger partial charge in [-0.05, 0) is 49.2 Å². The lowest BCUT2D eigenvalue weighted by Gasteiger charge is -2.11. The highest BCUT2D eigenvalue weighted by Crippen LogP contribution is 2.11. The molecule has 0 aliphatic heterocycles. The van der Waals surface area contributed by atoms with Crippen LogP contribution in [-0.4, -0.2) is 11.7 Å². The molecule has 0 radical (unpaired) electrons. The molecule has 0 saturated carbocycles. The standard InChI is InChI=1S/C18H30N2S/c1-3-5-7-8-9-15-19-18(21)20-17-13-11-16(12-14-17)10-6-4-2/h11-14H,3-10,15H2,1-2H3,(H2,19,20,21). The van der Waals surface area contributed by atoms with E-state index < -0.39 is 0 Å². The molecule has 0 saturated heterocycles. The van der Waals surface area contributed by atoms with Gasteiger partial charge in [-0.1, -0.05) is 58.1 Å². The van der Waals surface area contributed by atoms with E-state index in [9.17, 15) is 0 Å². The number of aryl methyl sites for hydroxylation is 1. The molecule has 1 aromatic carbocycles. The number of hydrogen-bond donors (Lipinski definition) is 2. The topological polar surface area (TPSA) is 24.1 Å². The minimum absolute atomic E-state index is 0.729. The molecule has 0 aromatic heterocycles. The smallest absolute Gasteiger partial charge is 0.170 e. The predicted octanol–water partition coefficient (Wildman–Crippen LogP) is 5.29. The summed E-state index contributed by atoms with van der Waals surface area (Å²) in [6.45, 7) is 5.43. The third-order valence-corrected chi connectivity index (χ3v) is 3.84. The van der Waals surface area contributed by atoms with Crippen molar-refractivity contribution in [2.75, 3.05) is 11.9 Å². The Morgan fingerprint density at radius 1 is 0.905 bits per heavy atom. The van der Waals surface area contributed by atoms with Gasteiger partial charge in [0.15, 0.2) is 5.11 Å². The Morgan fingerprint density at radius 2 is 1.57 bits per heavy atom. The third-order valence-electron chi connectivity index (χ3n) is 3.60. The molecule has 0 atom stereocenters. The van der Waals surface area contributed by atoms with Gasteiger partial charge in [0.2, 0.25) is 0 Å². The summed E-state index contributed by atoms with van der Waals surface area (Å²) in [4.78, 5) is 0. The monoisotopic (exact) mass is 306 g/mol. The zero-order valence-electron chi connectivity index (χ0n) is 13.6. The summed E-state index contributed by atoms with van der Waals surface area (Å²) in [5.41, 5.74) is 2.47. The van der Waals surface area contributed by atoms with Gasteiger partial charge in [0.1, 0.15) is 0 Å². The number of thiocarbonyl (C=S) groups is 1. The van der Waals surface area contributed by atoms with E-state index in [4.69, 9.17) is 12.2 Å². The highest BCUT2D eigenvalue weighted by atomic mass is 32.1. The first-order chi connectivity index (χ1) is 10.3. The molecule has 0 spiro atoms. The summed E-state index contributed by atoms with van der Waals surface area (Å²) in [5, 5.41) is 7.25. The van der Waals surface area contributed by atoms with Crippen LogP contribution in [0.5, 0.6) is 0 Å².